The van der Waals surface area contributed by atoms with Crippen molar-refractivity contribution in [3.8, 4) is 11.5 Å². The number of furan rings is 1. The fraction of sp³-hybridized carbons (Fsp3) is 0.294. The number of anilines is 1. The van der Waals surface area contributed by atoms with Gasteiger partial charge < -0.3 is 24.1 Å². The molecule has 0 bridgehead atoms. The molecule has 0 fully saturated rings. The first-order chi connectivity index (χ1) is 11.5. The number of amides is 2. The summed E-state index contributed by atoms with van der Waals surface area (Å²) < 4.78 is 15.6. The first-order valence-corrected chi connectivity index (χ1v) is 7.33. The Hall–Kier alpha value is -2.96. The molecule has 0 saturated heterocycles. The third kappa shape index (κ3) is 4.52. The van der Waals surface area contributed by atoms with Crippen molar-refractivity contribution >= 4 is 17.5 Å². The Morgan fingerprint density at radius 3 is 2.58 bits per heavy atom. The molecule has 7 nitrogen and oxygen atoms in total. The lowest BCUT2D eigenvalue weighted by atomic mass is 10.2. The molecule has 0 aliphatic heterocycles. The molecule has 1 aromatic carbocycles. The number of nitrogens with one attached hydrogen (secondary N) is 1. The van der Waals surface area contributed by atoms with E-state index in [9.17, 15) is 9.59 Å². The number of carbonyl (C=O) groups excluding carboxylic acids is 2. The predicted octanol–water partition coefficient (Wildman–Crippen LogP) is 2.28. The minimum atomic E-state index is -0.333. The Bertz CT molecular complexity index is 697. The van der Waals surface area contributed by atoms with Crippen LogP contribution >= 0.6 is 0 Å². The molecule has 0 atom stereocenters. The van der Waals surface area contributed by atoms with Gasteiger partial charge in [0.05, 0.1) is 32.7 Å². The molecular formula is C17H20N2O5. The average molecular weight is 332 g/mol. The first kappa shape index (κ1) is 17.4. The van der Waals surface area contributed by atoms with Crippen LogP contribution in [0.3, 0.4) is 0 Å². The molecule has 2 amide bonds. The average Bonchev–Trinajstić information content (AvgIpc) is 3.07. The maximum absolute atomic E-state index is 12.3. The fourth-order valence-electron chi connectivity index (χ4n) is 2.13. The van der Waals surface area contributed by atoms with E-state index in [1.54, 1.807) is 37.4 Å². The summed E-state index contributed by atoms with van der Waals surface area (Å²) in [5.74, 6) is 1.15. The van der Waals surface area contributed by atoms with E-state index in [1.807, 2.05) is 0 Å². The van der Waals surface area contributed by atoms with E-state index in [2.05, 4.69) is 5.32 Å². The van der Waals surface area contributed by atoms with Crippen LogP contribution in [0.15, 0.2) is 41.0 Å². The van der Waals surface area contributed by atoms with Crippen molar-refractivity contribution in [2.24, 2.45) is 0 Å². The number of methoxy groups -OCH3 is 2. The highest BCUT2D eigenvalue weighted by Crippen LogP contribution is 2.28. The quantitative estimate of drug-likeness (QED) is 0.841. The molecule has 1 N–H and O–H groups in total. The zero-order chi connectivity index (χ0) is 17.5. The van der Waals surface area contributed by atoms with Gasteiger partial charge in [0.15, 0.2) is 0 Å². The van der Waals surface area contributed by atoms with Gasteiger partial charge in [-0.25, -0.2) is 0 Å². The molecular weight excluding hydrogens is 312 g/mol. The van der Waals surface area contributed by atoms with Crippen LogP contribution in [0.25, 0.3) is 0 Å². The Labute approximate surface area is 140 Å². The monoisotopic (exact) mass is 332 g/mol. The van der Waals surface area contributed by atoms with Gasteiger partial charge in [0.1, 0.15) is 23.8 Å². The van der Waals surface area contributed by atoms with Crippen LogP contribution in [0.2, 0.25) is 0 Å². The SMILES string of the molecule is COc1ccc(NC(=O)CN(Cc2ccco2)C(C)=O)c(OC)c1. The number of ether oxygens (including phenoxy) is 2. The van der Waals surface area contributed by atoms with Crippen LogP contribution in [0.5, 0.6) is 11.5 Å². The van der Waals surface area contributed by atoms with E-state index in [-0.39, 0.29) is 24.9 Å². The first-order valence-electron chi connectivity index (χ1n) is 7.33. The summed E-state index contributed by atoms with van der Waals surface area (Å²) in [5.41, 5.74) is 0.504. The summed E-state index contributed by atoms with van der Waals surface area (Å²) >= 11 is 0. The summed E-state index contributed by atoms with van der Waals surface area (Å²) in [4.78, 5) is 25.4. The zero-order valence-electron chi connectivity index (χ0n) is 13.9. The lowest BCUT2D eigenvalue weighted by Gasteiger charge is -2.20. The summed E-state index contributed by atoms with van der Waals surface area (Å²) in [7, 11) is 3.05. The highest BCUT2D eigenvalue weighted by molar-refractivity contribution is 5.95. The molecule has 2 aromatic rings. The van der Waals surface area contributed by atoms with Gasteiger partial charge in [-0.1, -0.05) is 0 Å². The number of nitrogens with zero attached hydrogens (tertiary/aromatic N) is 1. The third-order valence-electron chi connectivity index (χ3n) is 3.39. The van der Waals surface area contributed by atoms with E-state index in [0.29, 0.717) is 22.9 Å². The summed E-state index contributed by atoms with van der Waals surface area (Å²) in [5, 5.41) is 2.73. The number of hydrogen-bond donors (Lipinski definition) is 1. The van der Waals surface area contributed by atoms with Gasteiger partial charge in [-0.05, 0) is 24.3 Å². The van der Waals surface area contributed by atoms with Gasteiger partial charge in [-0.2, -0.15) is 0 Å². The Morgan fingerprint density at radius 2 is 2.00 bits per heavy atom. The minimum Gasteiger partial charge on any atom is -0.497 e. The van der Waals surface area contributed by atoms with E-state index >= 15 is 0 Å². The van der Waals surface area contributed by atoms with Crippen molar-refractivity contribution in [1.82, 2.24) is 4.90 Å². The van der Waals surface area contributed by atoms with Crippen LogP contribution in [-0.2, 0) is 16.1 Å². The minimum absolute atomic E-state index is 0.0920. The van der Waals surface area contributed by atoms with Crippen LogP contribution in [0.1, 0.15) is 12.7 Å². The van der Waals surface area contributed by atoms with Crippen LogP contribution in [0, 0.1) is 0 Å². The maximum atomic E-state index is 12.3. The molecule has 0 saturated carbocycles. The predicted molar refractivity (Wildman–Crippen MR) is 88.0 cm³/mol. The van der Waals surface area contributed by atoms with Crippen molar-refractivity contribution in [3.63, 3.8) is 0 Å². The second-order valence-electron chi connectivity index (χ2n) is 5.07. The van der Waals surface area contributed by atoms with E-state index in [0.717, 1.165) is 0 Å². The van der Waals surface area contributed by atoms with Crippen LogP contribution in [0.4, 0.5) is 5.69 Å². The molecule has 0 aliphatic rings. The maximum Gasteiger partial charge on any atom is 0.244 e. The van der Waals surface area contributed by atoms with Crippen molar-refractivity contribution in [2.75, 3.05) is 26.1 Å². The van der Waals surface area contributed by atoms with Gasteiger partial charge >= 0.3 is 0 Å². The van der Waals surface area contributed by atoms with E-state index < -0.39 is 0 Å². The highest BCUT2D eigenvalue weighted by atomic mass is 16.5. The molecule has 1 heterocycles. The Morgan fingerprint density at radius 1 is 1.21 bits per heavy atom. The molecule has 7 heteroatoms. The van der Waals surface area contributed by atoms with Crippen molar-refractivity contribution in [3.05, 3.63) is 42.4 Å². The molecule has 2 rings (SSSR count). The molecule has 0 radical (unpaired) electrons. The lowest BCUT2D eigenvalue weighted by Crippen LogP contribution is -2.36. The summed E-state index contributed by atoms with van der Waals surface area (Å²) in [6.07, 6.45) is 1.52. The topological polar surface area (TPSA) is 81.0 Å². The smallest absolute Gasteiger partial charge is 0.244 e. The second-order valence-corrected chi connectivity index (χ2v) is 5.07. The van der Waals surface area contributed by atoms with E-state index in [1.165, 1.54) is 25.2 Å². The molecule has 1 aromatic heterocycles. The largest absolute Gasteiger partial charge is 0.497 e. The molecule has 128 valence electrons. The second kappa shape index (κ2) is 8.05. The lowest BCUT2D eigenvalue weighted by molar-refractivity contribution is -0.133. The molecule has 0 spiro atoms. The number of carbonyl (C=O) groups is 2. The normalized spacial score (nSPS) is 10.1. The number of rotatable bonds is 7. The fourth-order valence-corrected chi connectivity index (χ4v) is 2.13. The number of benzene rings is 1. The zero-order valence-corrected chi connectivity index (χ0v) is 13.9. The van der Waals surface area contributed by atoms with Gasteiger partial charge in [0, 0.05) is 13.0 Å². The molecule has 0 aliphatic carbocycles. The molecule has 24 heavy (non-hydrogen) atoms. The highest BCUT2D eigenvalue weighted by Gasteiger charge is 2.17. The van der Waals surface area contributed by atoms with Crippen molar-refractivity contribution in [2.45, 2.75) is 13.5 Å². The standard InChI is InChI=1S/C17H20N2O5/c1-12(20)19(10-14-5-4-8-24-14)11-17(21)18-15-7-6-13(22-2)9-16(15)23-3/h4-9H,10-11H2,1-3H3,(H,18,21). The van der Waals surface area contributed by atoms with Crippen LogP contribution in [-0.4, -0.2) is 37.5 Å². The van der Waals surface area contributed by atoms with E-state index in [4.69, 9.17) is 13.9 Å². The summed E-state index contributed by atoms with van der Waals surface area (Å²) in [6.45, 7) is 1.55. The van der Waals surface area contributed by atoms with Gasteiger partial charge in [-0.3, -0.25) is 9.59 Å². The Balaban J connectivity index is 2.04. The van der Waals surface area contributed by atoms with Crippen molar-refractivity contribution in [1.29, 1.82) is 0 Å². The summed E-state index contributed by atoms with van der Waals surface area (Å²) in [6, 6.07) is 8.54. The van der Waals surface area contributed by atoms with Gasteiger partial charge in [-0.15, -0.1) is 0 Å². The number of hydrogen-bond acceptors (Lipinski definition) is 5. The van der Waals surface area contributed by atoms with Gasteiger partial charge in [0.25, 0.3) is 0 Å². The molecule has 0 unspecified atom stereocenters. The van der Waals surface area contributed by atoms with Gasteiger partial charge in [0.2, 0.25) is 11.8 Å². The third-order valence-corrected chi connectivity index (χ3v) is 3.39. The van der Waals surface area contributed by atoms with Crippen LogP contribution < -0.4 is 14.8 Å². The van der Waals surface area contributed by atoms with Crippen molar-refractivity contribution < 1.29 is 23.5 Å². The Kier molecular flexibility index (Phi) is 5.83.